The highest BCUT2D eigenvalue weighted by Gasteiger charge is 2.16. The lowest BCUT2D eigenvalue weighted by Crippen LogP contribution is -2.08. The van der Waals surface area contributed by atoms with Crippen molar-refractivity contribution >= 4 is 5.97 Å². The Morgan fingerprint density at radius 3 is 1.71 bits per heavy atom. The van der Waals surface area contributed by atoms with E-state index in [0.29, 0.717) is 11.5 Å². The van der Waals surface area contributed by atoms with Crippen LogP contribution in [0.15, 0.2) is 48.5 Å². The summed E-state index contributed by atoms with van der Waals surface area (Å²) in [5.74, 6) is -0.200. The SMILES string of the molecule is CCCCCCCCCCC(CCCCCCCC)Cc1cc(C(=O)O)ccc1-c1ccccc1. The number of rotatable bonds is 20. The van der Waals surface area contributed by atoms with Gasteiger partial charge in [-0.2, -0.15) is 0 Å². The van der Waals surface area contributed by atoms with Gasteiger partial charge in [-0.25, -0.2) is 4.79 Å². The maximum Gasteiger partial charge on any atom is 0.335 e. The van der Waals surface area contributed by atoms with Crippen LogP contribution >= 0.6 is 0 Å². The molecule has 2 aromatic rings. The van der Waals surface area contributed by atoms with Crippen molar-refractivity contribution in [1.82, 2.24) is 0 Å². The molecule has 0 saturated heterocycles. The van der Waals surface area contributed by atoms with E-state index in [0.717, 1.165) is 6.42 Å². The standard InChI is InChI=1S/C33H50O2/c1-3-5-7-9-11-12-14-17-21-28(20-16-13-10-8-6-4-2)26-31-27-30(33(34)35)24-25-32(31)29-22-18-15-19-23-29/h15,18-19,22-25,27-28H,3-14,16-17,20-21,26H2,1-2H3,(H,34,35). The van der Waals surface area contributed by atoms with Crippen LogP contribution in [-0.4, -0.2) is 11.1 Å². The lowest BCUT2D eigenvalue weighted by Gasteiger charge is -2.20. The molecule has 2 heteroatoms. The predicted molar refractivity (Wildman–Crippen MR) is 151 cm³/mol. The fourth-order valence-electron chi connectivity index (χ4n) is 5.23. The quantitative estimate of drug-likeness (QED) is 0.192. The molecule has 1 N–H and O–H groups in total. The van der Waals surface area contributed by atoms with Crippen LogP contribution < -0.4 is 0 Å². The molecule has 0 bridgehead atoms. The number of benzene rings is 2. The van der Waals surface area contributed by atoms with Crippen molar-refractivity contribution in [1.29, 1.82) is 0 Å². The van der Waals surface area contributed by atoms with Gasteiger partial charge in [-0.3, -0.25) is 0 Å². The average molecular weight is 479 g/mol. The zero-order chi connectivity index (χ0) is 25.1. The van der Waals surface area contributed by atoms with Crippen molar-refractivity contribution in [3.63, 3.8) is 0 Å². The van der Waals surface area contributed by atoms with Crippen LogP contribution in [0, 0.1) is 5.92 Å². The first kappa shape index (κ1) is 29.1. The molecular weight excluding hydrogens is 428 g/mol. The molecule has 0 aliphatic heterocycles. The van der Waals surface area contributed by atoms with Gasteiger partial charge in [-0.15, -0.1) is 0 Å². The fraction of sp³-hybridized carbons (Fsp3) is 0.606. The van der Waals surface area contributed by atoms with Gasteiger partial charge < -0.3 is 5.11 Å². The first-order chi connectivity index (χ1) is 17.2. The highest BCUT2D eigenvalue weighted by Crippen LogP contribution is 2.30. The first-order valence-corrected chi connectivity index (χ1v) is 14.6. The van der Waals surface area contributed by atoms with Crippen LogP contribution in [0.5, 0.6) is 0 Å². The molecule has 0 saturated carbocycles. The Kier molecular flexibility index (Phi) is 15.2. The summed E-state index contributed by atoms with van der Waals surface area (Å²) in [6, 6.07) is 16.2. The van der Waals surface area contributed by atoms with Gasteiger partial charge in [0.2, 0.25) is 0 Å². The van der Waals surface area contributed by atoms with Crippen molar-refractivity contribution in [2.24, 2.45) is 5.92 Å². The molecule has 0 aliphatic rings. The van der Waals surface area contributed by atoms with Crippen molar-refractivity contribution < 1.29 is 9.90 Å². The van der Waals surface area contributed by atoms with Crippen LogP contribution in [0.4, 0.5) is 0 Å². The smallest absolute Gasteiger partial charge is 0.335 e. The van der Waals surface area contributed by atoms with Gasteiger partial charge in [-0.05, 0) is 41.2 Å². The lowest BCUT2D eigenvalue weighted by molar-refractivity contribution is 0.0696. The number of carbonyl (C=O) groups is 1. The number of hydrogen-bond acceptors (Lipinski definition) is 1. The van der Waals surface area contributed by atoms with Crippen LogP contribution in [0.3, 0.4) is 0 Å². The van der Waals surface area contributed by atoms with E-state index in [1.165, 1.54) is 119 Å². The van der Waals surface area contributed by atoms with Gasteiger partial charge in [0.25, 0.3) is 0 Å². The Morgan fingerprint density at radius 2 is 1.20 bits per heavy atom. The molecule has 2 rings (SSSR count). The third-order valence-corrected chi connectivity index (χ3v) is 7.38. The number of aromatic carboxylic acids is 1. The van der Waals surface area contributed by atoms with Crippen molar-refractivity contribution in [3.05, 3.63) is 59.7 Å². The van der Waals surface area contributed by atoms with Gasteiger partial charge in [0.1, 0.15) is 0 Å². The Balaban J connectivity index is 2.02. The number of carboxylic acid groups (broad SMARTS) is 1. The van der Waals surface area contributed by atoms with Crippen molar-refractivity contribution in [2.75, 3.05) is 0 Å². The second kappa shape index (κ2) is 18.2. The van der Waals surface area contributed by atoms with E-state index < -0.39 is 5.97 Å². The zero-order valence-corrected chi connectivity index (χ0v) is 22.6. The van der Waals surface area contributed by atoms with E-state index in [1.807, 2.05) is 18.2 Å². The average Bonchev–Trinajstić information content (AvgIpc) is 2.87. The summed E-state index contributed by atoms with van der Waals surface area (Å²) in [5.41, 5.74) is 3.99. The highest BCUT2D eigenvalue weighted by atomic mass is 16.4. The Labute approximate surface area is 215 Å². The van der Waals surface area contributed by atoms with E-state index in [-0.39, 0.29) is 0 Å². The van der Waals surface area contributed by atoms with E-state index in [9.17, 15) is 9.90 Å². The number of unbranched alkanes of at least 4 members (excludes halogenated alkanes) is 12. The normalized spacial score (nSPS) is 12.1. The molecule has 0 fully saturated rings. The first-order valence-electron chi connectivity index (χ1n) is 14.6. The van der Waals surface area contributed by atoms with Crippen molar-refractivity contribution in [3.8, 4) is 11.1 Å². The van der Waals surface area contributed by atoms with Gasteiger partial charge in [0.05, 0.1) is 5.56 Å². The minimum Gasteiger partial charge on any atom is -0.478 e. The van der Waals surface area contributed by atoms with E-state index in [1.54, 1.807) is 6.07 Å². The summed E-state index contributed by atoms with van der Waals surface area (Å²) >= 11 is 0. The largest absolute Gasteiger partial charge is 0.478 e. The summed E-state index contributed by atoms with van der Waals surface area (Å²) in [5, 5.41) is 9.63. The summed E-state index contributed by atoms with van der Waals surface area (Å²) in [4.78, 5) is 11.7. The monoisotopic (exact) mass is 478 g/mol. The van der Waals surface area contributed by atoms with Crippen LogP contribution in [-0.2, 0) is 6.42 Å². The number of hydrogen-bond donors (Lipinski definition) is 1. The summed E-state index contributed by atoms with van der Waals surface area (Å²) in [7, 11) is 0. The molecule has 0 aromatic heterocycles. The van der Waals surface area contributed by atoms with E-state index >= 15 is 0 Å². The van der Waals surface area contributed by atoms with E-state index in [4.69, 9.17) is 0 Å². The third kappa shape index (κ3) is 11.9. The summed E-state index contributed by atoms with van der Waals surface area (Å²) in [6.07, 6.45) is 22.3. The second-order valence-corrected chi connectivity index (χ2v) is 10.4. The zero-order valence-electron chi connectivity index (χ0n) is 22.6. The second-order valence-electron chi connectivity index (χ2n) is 10.4. The van der Waals surface area contributed by atoms with E-state index in [2.05, 4.69) is 38.1 Å². The lowest BCUT2D eigenvalue weighted by atomic mass is 9.85. The van der Waals surface area contributed by atoms with Crippen LogP contribution in [0.1, 0.15) is 133 Å². The minimum atomic E-state index is -0.832. The molecule has 1 unspecified atom stereocenters. The molecule has 35 heavy (non-hydrogen) atoms. The summed E-state index contributed by atoms with van der Waals surface area (Å²) < 4.78 is 0. The molecule has 2 aromatic carbocycles. The minimum absolute atomic E-state index is 0.407. The fourth-order valence-corrected chi connectivity index (χ4v) is 5.23. The Morgan fingerprint density at radius 1 is 0.686 bits per heavy atom. The predicted octanol–water partition coefficient (Wildman–Crippen LogP) is 10.5. The van der Waals surface area contributed by atoms with Gasteiger partial charge in [0.15, 0.2) is 0 Å². The van der Waals surface area contributed by atoms with Crippen LogP contribution in [0.25, 0.3) is 11.1 Å². The molecule has 0 aliphatic carbocycles. The Hall–Kier alpha value is -2.09. The van der Waals surface area contributed by atoms with Crippen LogP contribution in [0.2, 0.25) is 0 Å². The van der Waals surface area contributed by atoms with Gasteiger partial charge in [0, 0.05) is 0 Å². The molecule has 0 heterocycles. The third-order valence-electron chi connectivity index (χ3n) is 7.38. The maximum absolute atomic E-state index is 11.7. The van der Waals surface area contributed by atoms with Crippen molar-refractivity contribution in [2.45, 2.75) is 123 Å². The molecular formula is C33H50O2. The molecule has 0 amide bonds. The molecule has 194 valence electrons. The number of carboxylic acids is 1. The molecule has 1 atom stereocenters. The highest BCUT2D eigenvalue weighted by molar-refractivity contribution is 5.89. The van der Waals surface area contributed by atoms with Gasteiger partial charge >= 0.3 is 5.97 Å². The molecule has 0 radical (unpaired) electrons. The maximum atomic E-state index is 11.7. The topological polar surface area (TPSA) is 37.3 Å². The summed E-state index contributed by atoms with van der Waals surface area (Å²) in [6.45, 7) is 4.55. The van der Waals surface area contributed by atoms with Gasteiger partial charge in [-0.1, -0.05) is 153 Å². The Bertz CT molecular complexity index is 811. The molecule has 0 spiro atoms. The molecule has 2 nitrogen and oxygen atoms in total.